The molecule has 5 rings (SSSR count). The lowest BCUT2D eigenvalue weighted by atomic mass is 10.0. The fourth-order valence-corrected chi connectivity index (χ4v) is 4.28. The van der Waals surface area contributed by atoms with E-state index < -0.39 is 0 Å². The monoisotopic (exact) mass is 461 g/mol. The fraction of sp³-hybridized carbons (Fsp3) is 0.100. The molecule has 0 aliphatic carbocycles. The summed E-state index contributed by atoms with van der Waals surface area (Å²) >= 11 is 0. The number of carbonyl (C=O) groups is 1. The lowest BCUT2D eigenvalue weighted by molar-refractivity contribution is 0.0940. The first-order valence-corrected chi connectivity index (χ1v) is 11.6. The SMILES string of the molecule is C[C@H](NC(=O)c1ccc2c(ccn2Cc2ccc(-c3ccc(O)cc3)cc2)c1)c1ccc(N)cc1. The minimum absolute atomic E-state index is 0.103. The number of aromatic nitrogens is 1. The topological polar surface area (TPSA) is 80.3 Å². The Morgan fingerprint density at radius 1 is 0.886 bits per heavy atom. The number of amides is 1. The first-order chi connectivity index (χ1) is 17.0. The molecule has 0 spiro atoms. The highest BCUT2D eigenvalue weighted by molar-refractivity contribution is 5.98. The highest BCUT2D eigenvalue weighted by atomic mass is 16.3. The lowest BCUT2D eigenvalue weighted by Gasteiger charge is -2.15. The maximum absolute atomic E-state index is 12.8. The minimum atomic E-state index is -0.118. The summed E-state index contributed by atoms with van der Waals surface area (Å²) in [5, 5.41) is 13.6. The number of hydrogen-bond acceptors (Lipinski definition) is 3. The summed E-state index contributed by atoms with van der Waals surface area (Å²) in [5.41, 5.74) is 12.5. The summed E-state index contributed by atoms with van der Waals surface area (Å²) in [7, 11) is 0. The number of carbonyl (C=O) groups excluding carboxylic acids is 1. The number of nitrogens with zero attached hydrogens (tertiary/aromatic N) is 1. The third-order valence-corrected chi connectivity index (χ3v) is 6.32. The van der Waals surface area contributed by atoms with E-state index in [1.54, 1.807) is 12.1 Å². The molecule has 1 atom stereocenters. The van der Waals surface area contributed by atoms with Crippen LogP contribution in [-0.4, -0.2) is 15.6 Å². The van der Waals surface area contributed by atoms with Crippen LogP contribution >= 0.6 is 0 Å². The first-order valence-electron chi connectivity index (χ1n) is 11.6. The van der Waals surface area contributed by atoms with Crippen LogP contribution in [0.2, 0.25) is 0 Å². The van der Waals surface area contributed by atoms with Crippen LogP contribution in [0.15, 0.2) is 103 Å². The van der Waals surface area contributed by atoms with Crippen molar-refractivity contribution in [2.75, 3.05) is 5.73 Å². The zero-order valence-electron chi connectivity index (χ0n) is 19.5. The van der Waals surface area contributed by atoms with Gasteiger partial charge in [-0.1, -0.05) is 48.5 Å². The molecule has 1 amide bonds. The van der Waals surface area contributed by atoms with Crippen LogP contribution in [0.5, 0.6) is 5.75 Å². The molecule has 0 aliphatic heterocycles. The molecule has 5 aromatic rings. The Kier molecular flexibility index (Phi) is 5.98. The molecule has 4 aromatic carbocycles. The standard InChI is InChI=1S/C30H27N3O2/c1-20(22-6-11-27(31)12-7-22)32-30(35)26-10-15-29-25(18-26)16-17-33(29)19-21-2-4-23(5-3-21)24-8-13-28(34)14-9-24/h2-18,20,34H,19,31H2,1H3,(H,32,35)/t20-/m0/s1. The Morgan fingerprint density at radius 2 is 1.54 bits per heavy atom. The smallest absolute Gasteiger partial charge is 0.251 e. The van der Waals surface area contributed by atoms with Gasteiger partial charge in [-0.25, -0.2) is 0 Å². The summed E-state index contributed by atoms with van der Waals surface area (Å²) in [4.78, 5) is 12.8. The number of phenols is 1. The Bertz CT molecular complexity index is 1470. The number of hydrogen-bond donors (Lipinski definition) is 3. The van der Waals surface area contributed by atoms with Crippen LogP contribution in [0.4, 0.5) is 5.69 Å². The second-order valence-electron chi connectivity index (χ2n) is 8.82. The number of nitrogens with one attached hydrogen (secondary N) is 1. The van der Waals surface area contributed by atoms with E-state index in [-0.39, 0.29) is 17.7 Å². The van der Waals surface area contributed by atoms with Gasteiger partial charge in [0.15, 0.2) is 0 Å². The molecule has 1 heterocycles. The second-order valence-corrected chi connectivity index (χ2v) is 8.82. The van der Waals surface area contributed by atoms with Crippen molar-refractivity contribution in [3.05, 3.63) is 120 Å². The van der Waals surface area contributed by atoms with Crippen LogP contribution in [0.3, 0.4) is 0 Å². The zero-order valence-corrected chi connectivity index (χ0v) is 19.5. The van der Waals surface area contributed by atoms with E-state index in [0.29, 0.717) is 11.3 Å². The van der Waals surface area contributed by atoms with Crippen molar-refractivity contribution < 1.29 is 9.90 Å². The Hall–Kier alpha value is -4.51. The molecule has 1 aromatic heterocycles. The second kappa shape index (κ2) is 9.39. The molecule has 35 heavy (non-hydrogen) atoms. The third-order valence-electron chi connectivity index (χ3n) is 6.32. The van der Waals surface area contributed by atoms with Crippen molar-refractivity contribution in [3.63, 3.8) is 0 Å². The van der Waals surface area contributed by atoms with Gasteiger partial charge in [-0.3, -0.25) is 4.79 Å². The van der Waals surface area contributed by atoms with Gasteiger partial charge in [-0.15, -0.1) is 0 Å². The van der Waals surface area contributed by atoms with Crippen molar-refractivity contribution in [1.29, 1.82) is 0 Å². The summed E-state index contributed by atoms with van der Waals surface area (Å²) in [6.45, 7) is 2.70. The van der Waals surface area contributed by atoms with Gasteiger partial charge in [0, 0.05) is 34.9 Å². The molecular formula is C30H27N3O2. The van der Waals surface area contributed by atoms with Crippen molar-refractivity contribution in [2.24, 2.45) is 0 Å². The van der Waals surface area contributed by atoms with Gasteiger partial charge in [-0.2, -0.15) is 0 Å². The summed E-state index contributed by atoms with van der Waals surface area (Å²) in [6.07, 6.45) is 2.05. The number of benzene rings is 4. The lowest BCUT2D eigenvalue weighted by Crippen LogP contribution is -2.26. The molecule has 5 nitrogen and oxygen atoms in total. The molecule has 0 fully saturated rings. The minimum Gasteiger partial charge on any atom is -0.508 e. The fourth-order valence-electron chi connectivity index (χ4n) is 4.28. The molecule has 0 unspecified atom stereocenters. The summed E-state index contributed by atoms with van der Waals surface area (Å²) < 4.78 is 2.18. The number of nitrogen functional groups attached to an aromatic ring is 1. The largest absolute Gasteiger partial charge is 0.508 e. The zero-order chi connectivity index (χ0) is 24.4. The first kappa shape index (κ1) is 22.3. The van der Waals surface area contributed by atoms with Crippen LogP contribution in [0.25, 0.3) is 22.0 Å². The molecule has 0 aliphatic rings. The third kappa shape index (κ3) is 4.89. The number of nitrogens with two attached hydrogens (primary N) is 1. The average Bonchev–Trinajstić information content (AvgIpc) is 3.27. The molecule has 5 heteroatoms. The van der Waals surface area contributed by atoms with Crippen molar-refractivity contribution in [1.82, 2.24) is 9.88 Å². The van der Waals surface area contributed by atoms with E-state index in [4.69, 9.17) is 5.73 Å². The van der Waals surface area contributed by atoms with Crippen molar-refractivity contribution >= 4 is 22.5 Å². The summed E-state index contributed by atoms with van der Waals surface area (Å²) in [6, 6.07) is 30.9. The van der Waals surface area contributed by atoms with E-state index in [1.807, 2.05) is 67.6 Å². The normalized spacial score (nSPS) is 11.9. The highest BCUT2D eigenvalue weighted by Gasteiger charge is 2.13. The molecule has 0 saturated heterocycles. The van der Waals surface area contributed by atoms with Gasteiger partial charge in [0.05, 0.1) is 6.04 Å². The molecule has 0 saturated carbocycles. The summed E-state index contributed by atoms with van der Waals surface area (Å²) in [5.74, 6) is 0.163. The number of anilines is 1. The molecule has 4 N–H and O–H groups in total. The number of rotatable bonds is 6. The van der Waals surface area contributed by atoms with Crippen molar-refractivity contribution in [3.8, 4) is 16.9 Å². The van der Waals surface area contributed by atoms with Crippen molar-refractivity contribution in [2.45, 2.75) is 19.5 Å². The van der Waals surface area contributed by atoms with Gasteiger partial charge in [0.2, 0.25) is 0 Å². The number of aromatic hydroxyl groups is 1. The van der Waals surface area contributed by atoms with Crippen LogP contribution in [0.1, 0.15) is 34.5 Å². The van der Waals surface area contributed by atoms with Gasteiger partial charge in [0.25, 0.3) is 5.91 Å². The van der Waals surface area contributed by atoms with E-state index >= 15 is 0 Å². The quantitative estimate of drug-likeness (QED) is 0.266. The van der Waals surface area contributed by atoms with Crippen LogP contribution < -0.4 is 11.1 Å². The Morgan fingerprint density at radius 3 is 2.23 bits per heavy atom. The Labute approximate surface area is 204 Å². The number of fused-ring (bicyclic) bond motifs is 1. The number of phenolic OH excluding ortho intramolecular Hbond substituents is 1. The van der Waals surface area contributed by atoms with E-state index in [1.165, 1.54) is 5.56 Å². The van der Waals surface area contributed by atoms with Gasteiger partial charge >= 0.3 is 0 Å². The molecular weight excluding hydrogens is 434 g/mol. The van der Waals surface area contributed by atoms with Crippen LogP contribution in [-0.2, 0) is 6.54 Å². The van der Waals surface area contributed by atoms with E-state index in [0.717, 1.165) is 34.1 Å². The molecule has 0 radical (unpaired) electrons. The molecule has 0 bridgehead atoms. The van der Waals surface area contributed by atoms with E-state index in [2.05, 4.69) is 40.3 Å². The average molecular weight is 462 g/mol. The van der Waals surface area contributed by atoms with Crippen LogP contribution in [0, 0.1) is 0 Å². The van der Waals surface area contributed by atoms with Gasteiger partial charge < -0.3 is 20.7 Å². The predicted octanol–water partition coefficient (Wildman–Crippen LogP) is 6.14. The van der Waals surface area contributed by atoms with Gasteiger partial charge in [-0.05, 0) is 77.7 Å². The Balaban J connectivity index is 1.29. The maximum Gasteiger partial charge on any atom is 0.251 e. The maximum atomic E-state index is 12.8. The molecule has 174 valence electrons. The highest BCUT2D eigenvalue weighted by Crippen LogP contribution is 2.24. The van der Waals surface area contributed by atoms with Gasteiger partial charge in [0.1, 0.15) is 5.75 Å². The van der Waals surface area contributed by atoms with E-state index in [9.17, 15) is 9.90 Å². The predicted molar refractivity (Wildman–Crippen MR) is 141 cm³/mol.